The summed E-state index contributed by atoms with van der Waals surface area (Å²) in [6, 6.07) is 15.0. The summed E-state index contributed by atoms with van der Waals surface area (Å²) >= 11 is 1.44. The number of nitrogens with zero attached hydrogens (tertiary/aromatic N) is 3. The van der Waals surface area contributed by atoms with Crippen molar-refractivity contribution in [3.05, 3.63) is 105 Å². The van der Waals surface area contributed by atoms with Crippen molar-refractivity contribution in [3.8, 4) is 5.75 Å². The molecule has 0 aliphatic carbocycles. The molecule has 0 radical (unpaired) electrons. The topological polar surface area (TPSA) is 75.0 Å². The van der Waals surface area contributed by atoms with Crippen molar-refractivity contribution in [2.45, 2.75) is 22.9 Å². The monoisotopic (exact) mass is 533 g/mol. The SMILES string of the molecule is O=C1c2c(O)c(=O)ccn2N(C2c3ccc(F)c(F)c3CSc3c2ccc2ccccc32)[C@H]2COCCN12. The molecule has 192 valence electrons. The highest BCUT2D eigenvalue weighted by Crippen LogP contribution is 2.47. The number of carbonyl (C=O) groups excluding carboxylic acids is 1. The molecule has 38 heavy (non-hydrogen) atoms. The van der Waals surface area contributed by atoms with Crippen molar-refractivity contribution < 1.29 is 23.4 Å². The van der Waals surface area contributed by atoms with Gasteiger partial charge in [-0.15, -0.1) is 11.8 Å². The van der Waals surface area contributed by atoms with Gasteiger partial charge in [0.2, 0.25) is 5.43 Å². The number of pyridine rings is 1. The van der Waals surface area contributed by atoms with Crippen molar-refractivity contribution in [1.82, 2.24) is 9.58 Å². The lowest BCUT2D eigenvalue weighted by atomic mass is 9.91. The predicted octanol–water partition coefficient (Wildman–Crippen LogP) is 4.13. The summed E-state index contributed by atoms with van der Waals surface area (Å²) in [6.07, 6.45) is 0.818. The van der Waals surface area contributed by atoms with Gasteiger partial charge in [0.25, 0.3) is 5.91 Å². The van der Waals surface area contributed by atoms with E-state index in [9.17, 15) is 19.1 Å². The van der Waals surface area contributed by atoms with E-state index < -0.39 is 40.9 Å². The molecule has 1 saturated heterocycles. The van der Waals surface area contributed by atoms with Gasteiger partial charge in [-0.1, -0.05) is 42.5 Å². The molecule has 1 unspecified atom stereocenters. The number of morpholine rings is 1. The third-order valence-corrected chi connectivity index (χ3v) is 8.71. The zero-order chi connectivity index (χ0) is 26.1. The number of rotatable bonds is 1. The minimum Gasteiger partial charge on any atom is -0.502 e. The summed E-state index contributed by atoms with van der Waals surface area (Å²) in [5.41, 5.74) is 0.760. The Labute approximate surface area is 219 Å². The normalized spacial score (nSPS) is 20.4. The predicted molar refractivity (Wildman–Crippen MR) is 138 cm³/mol. The van der Waals surface area contributed by atoms with Crippen LogP contribution in [0, 0.1) is 11.6 Å². The second-order valence-electron chi connectivity index (χ2n) is 9.48. The zero-order valence-corrected chi connectivity index (χ0v) is 20.8. The standard InChI is InChI=1S/C28H21F2N3O4S/c29-20-8-7-17-19(23(20)30)14-38-27-16-4-2-1-3-15(16)5-6-18(27)24(17)33-22-13-37-12-11-31(22)28(36)25-26(35)21(34)9-10-32(25)33/h1-10,22,24,35H,11-14H2/t22-,24?/m0/s1. The van der Waals surface area contributed by atoms with Crippen LogP contribution in [0.4, 0.5) is 8.78 Å². The summed E-state index contributed by atoms with van der Waals surface area (Å²) in [5.74, 6) is -2.78. The first kappa shape index (κ1) is 23.2. The fourth-order valence-electron chi connectivity index (χ4n) is 5.78. The Balaban J connectivity index is 1.57. The number of fused-ring (bicyclic) bond motifs is 6. The molecule has 3 aliphatic rings. The molecule has 4 aromatic rings. The van der Waals surface area contributed by atoms with Gasteiger partial charge in [-0.25, -0.2) is 8.78 Å². The van der Waals surface area contributed by atoms with Crippen LogP contribution in [0.2, 0.25) is 0 Å². The number of carbonyl (C=O) groups is 1. The van der Waals surface area contributed by atoms with E-state index in [1.54, 1.807) is 11.0 Å². The number of aromatic nitrogens is 1. The lowest BCUT2D eigenvalue weighted by Crippen LogP contribution is -2.66. The van der Waals surface area contributed by atoms with Gasteiger partial charge in [0, 0.05) is 35.0 Å². The molecule has 0 bridgehead atoms. The number of amides is 1. The third kappa shape index (κ3) is 3.23. The first-order valence-corrected chi connectivity index (χ1v) is 13.2. The van der Waals surface area contributed by atoms with Gasteiger partial charge in [0.1, 0.15) is 6.17 Å². The second-order valence-corrected chi connectivity index (χ2v) is 10.5. The number of halogens is 2. The zero-order valence-electron chi connectivity index (χ0n) is 19.9. The highest BCUT2D eigenvalue weighted by atomic mass is 32.2. The average Bonchev–Trinajstić information content (AvgIpc) is 3.10. The van der Waals surface area contributed by atoms with Gasteiger partial charge in [0.05, 0.1) is 19.3 Å². The lowest BCUT2D eigenvalue weighted by Gasteiger charge is -2.51. The van der Waals surface area contributed by atoms with Crippen LogP contribution < -0.4 is 10.4 Å². The van der Waals surface area contributed by atoms with Crippen LogP contribution in [-0.4, -0.2) is 46.5 Å². The number of hydrogen-bond donors (Lipinski definition) is 1. The number of aromatic hydroxyl groups is 1. The van der Waals surface area contributed by atoms with E-state index in [-0.39, 0.29) is 30.2 Å². The van der Waals surface area contributed by atoms with Crippen LogP contribution in [0.25, 0.3) is 10.8 Å². The van der Waals surface area contributed by atoms with E-state index in [1.807, 2.05) is 41.4 Å². The number of benzene rings is 3. The molecule has 1 aromatic heterocycles. The second kappa shape index (κ2) is 8.57. The highest BCUT2D eigenvalue weighted by molar-refractivity contribution is 7.98. The summed E-state index contributed by atoms with van der Waals surface area (Å²) in [7, 11) is 0. The molecule has 2 atom stereocenters. The minimum atomic E-state index is -0.933. The molecule has 0 saturated carbocycles. The summed E-state index contributed by atoms with van der Waals surface area (Å²) in [6.45, 7) is 0.703. The van der Waals surface area contributed by atoms with Crippen molar-refractivity contribution in [2.75, 3.05) is 24.8 Å². The fourth-order valence-corrected chi connectivity index (χ4v) is 7.04. The molecular formula is C28H21F2N3O4S. The largest absolute Gasteiger partial charge is 0.502 e. The molecule has 10 heteroatoms. The number of ether oxygens (including phenoxy) is 1. The molecular weight excluding hydrogens is 512 g/mol. The van der Waals surface area contributed by atoms with Crippen LogP contribution in [0.3, 0.4) is 0 Å². The van der Waals surface area contributed by atoms with Crippen molar-refractivity contribution in [2.24, 2.45) is 0 Å². The minimum absolute atomic E-state index is 0.156. The Morgan fingerprint density at radius 1 is 1.00 bits per heavy atom. The third-order valence-electron chi connectivity index (χ3n) is 7.53. The van der Waals surface area contributed by atoms with Gasteiger partial charge < -0.3 is 14.7 Å². The lowest BCUT2D eigenvalue weighted by molar-refractivity contribution is -0.0197. The number of hydrogen-bond acceptors (Lipinski definition) is 6. The molecule has 3 aliphatic heterocycles. The number of thioether (sulfide) groups is 1. The van der Waals surface area contributed by atoms with Crippen molar-refractivity contribution in [1.29, 1.82) is 0 Å². The maximum atomic E-state index is 15.4. The Morgan fingerprint density at radius 3 is 2.68 bits per heavy atom. The molecule has 1 amide bonds. The molecule has 0 spiro atoms. The van der Waals surface area contributed by atoms with E-state index in [1.165, 1.54) is 28.7 Å². The first-order chi connectivity index (χ1) is 18.5. The Bertz CT molecular complexity index is 1710. The summed E-state index contributed by atoms with van der Waals surface area (Å²) in [5, 5.41) is 14.6. The van der Waals surface area contributed by atoms with Gasteiger partial charge in [-0.05, 0) is 28.0 Å². The highest BCUT2D eigenvalue weighted by Gasteiger charge is 2.46. The van der Waals surface area contributed by atoms with E-state index in [0.29, 0.717) is 12.2 Å². The first-order valence-electron chi connectivity index (χ1n) is 12.2. The van der Waals surface area contributed by atoms with Crippen molar-refractivity contribution >= 4 is 28.4 Å². The smallest absolute Gasteiger partial charge is 0.278 e. The van der Waals surface area contributed by atoms with Crippen LogP contribution in [-0.2, 0) is 10.5 Å². The summed E-state index contributed by atoms with van der Waals surface area (Å²) in [4.78, 5) is 28.4. The van der Waals surface area contributed by atoms with Crippen LogP contribution in [0.1, 0.15) is 33.2 Å². The maximum Gasteiger partial charge on any atom is 0.278 e. The van der Waals surface area contributed by atoms with E-state index in [4.69, 9.17) is 4.74 Å². The van der Waals surface area contributed by atoms with Gasteiger partial charge in [-0.2, -0.15) is 0 Å². The Hall–Kier alpha value is -3.89. The molecule has 4 heterocycles. The molecule has 1 fully saturated rings. The van der Waals surface area contributed by atoms with Crippen LogP contribution in [0.5, 0.6) is 5.75 Å². The van der Waals surface area contributed by atoms with Gasteiger partial charge in [-0.3, -0.25) is 19.3 Å². The van der Waals surface area contributed by atoms with E-state index in [2.05, 4.69) is 0 Å². The summed E-state index contributed by atoms with van der Waals surface area (Å²) < 4.78 is 37.1. The average molecular weight is 534 g/mol. The van der Waals surface area contributed by atoms with Crippen LogP contribution >= 0.6 is 11.8 Å². The van der Waals surface area contributed by atoms with Crippen molar-refractivity contribution in [3.63, 3.8) is 0 Å². The molecule has 3 aromatic carbocycles. The molecule has 7 nitrogen and oxygen atoms in total. The molecule has 1 N–H and O–H groups in total. The van der Waals surface area contributed by atoms with E-state index in [0.717, 1.165) is 27.3 Å². The Kier molecular flexibility index (Phi) is 5.24. The van der Waals surface area contributed by atoms with Gasteiger partial charge >= 0.3 is 0 Å². The Morgan fingerprint density at radius 2 is 1.82 bits per heavy atom. The van der Waals surface area contributed by atoms with Gasteiger partial charge in [0.15, 0.2) is 23.1 Å². The van der Waals surface area contributed by atoms with Crippen LogP contribution in [0.15, 0.2) is 70.5 Å². The van der Waals surface area contributed by atoms with E-state index >= 15 is 4.39 Å². The quantitative estimate of drug-likeness (QED) is 0.397. The fraction of sp³-hybridized carbons (Fsp3) is 0.214. The molecule has 7 rings (SSSR count). The maximum absolute atomic E-state index is 15.4.